The number of benzene rings is 3. The van der Waals surface area contributed by atoms with E-state index in [1.54, 1.807) is 6.20 Å². The van der Waals surface area contributed by atoms with Crippen LogP contribution in [0.2, 0.25) is 0 Å². The van der Waals surface area contributed by atoms with Crippen molar-refractivity contribution in [2.24, 2.45) is 0 Å². The van der Waals surface area contributed by atoms with Crippen molar-refractivity contribution in [3.8, 4) is 11.5 Å². The Labute approximate surface area is 239 Å². The number of carbonyl (C=O) groups is 1. The van der Waals surface area contributed by atoms with Gasteiger partial charge in [0.05, 0.1) is 18.1 Å². The van der Waals surface area contributed by atoms with Crippen LogP contribution in [0, 0.1) is 6.92 Å². The standard InChI is InChI=1S/C34H33N5O2/c1-22-20-36-34(41-22)28-9-3-7-26-23(5-2-8-27(26)28)18-33(40)39-14-11-24-17-30-29(19-32(24)39)31(10-12-35-30)38-16-15-37-13-4-6-25(37)21-38/h2-3,5,7-10,12,17,19-20,25H,4,6,11,13-16,18,21H2,1H3/t25-/m0/s1. The lowest BCUT2D eigenvalue weighted by Gasteiger charge is -2.39. The molecule has 1 amide bonds. The van der Waals surface area contributed by atoms with Crippen molar-refractivity contribution in [2.75, 3.05) is 42.5 Å². The normalized spacial score (nSPS) is 18.8. The Kier molecular flexibility index (Phi) is 5.81. The smallest absolute Gasteiger partial charge is 0.231 e. The molecule has 0 bridgehead atoms. The van der Waals surface area contributed by atoms with Crippen LogP contribution in [0.5, 0.6) is 0 Å². The molecule has 8 rings (SSSR count). The monoisotopic (exact) mass is 543 g/mol. The van der Waals surface area contributed by atoms with Gasteiger partial charge in [0.1, 0.15) is 5.76 Å². The number of hydrogen-bond donors (Lipinski definition) is 0. The Morgan fingerprint density at radius 1 is 0.951 bits per heavy atom. The van der Waals surface area contributed by atoms with Crippen LogP contribution in [0.15, 0.2) is 71.4 Å². The van der Waals surface area contributed by atoms with Gasteiger partial charge in [0.25, 0.3) is 0 Å². The van der Waals surface area contributed by atoms with Crippen LogP contribution in [0.25, 0.3) is 33.1 Å². The molecule has 41 heavy (non-hydrogen) atoms. The maximum absolute atomic E-state index is 13.9. The first-order valence-corrected chi connectivity index (χ1v) is 14.8. The molecule has 7 heteroatoms. The molecule has 0 aliphatic carbocycles. The van der Waals surface area contributed by atoms with Gasteiger partial charge in [-0.05, 0) is 78.9 Å². The molecule has 0 unspecified atom stereocenters. The number of hydrogen-bond acceptors (Lipinski definition) is 6. The Morgan fingerprint density at radius 2 is 1.85 bits per heavy atom. The van der Waals surface area contributed by atoms with Crippen molar-refractivity contribution in [3.63, 3.8) is 0 Å². The average molecular weight is 544 g/mol. The van der Waals surface area contributed by atoms with Gasteiger partial charge < -0.3 is 14.2 Å². The quantitative estimate of drug-likeness (QED) is 0.287. The van der Waals surface area contributed by atoms with Crippen LogP contribution in [-0.4, -0.2) is 59.5 Å². The molecule has 7 nitrogen and oxygen atoms in total. The number of amides is 1. The molecule has 0 radical (unpaired) electrons. The van der Waals surface area contributed by atoms with Crippen LogP contribution < -0.4 is 9.80 Å². The zero-order chi connectivity index (χ0) is 27.5. The van der Waals surface area contributed by atoms with Gasteiger partial charge in [0.15, 0.2) is 0 Å². The maximum atomic E-state index is 13.9. The topological polar surface area (TPSA) is 65.7 Å². The van der Waals surface area contributed by atoms with Gasteiger partial charge in [0, 0.05) is 60.7 Å². The molecule has 5 heterocycles. The van der Waals surface area contributed by atoms with Crippen LogP contribution in [0.4, 0.5) is 11.4 Å². The molecule has 3 aliphatic heterocycles. The summed E-state index contributed by atoms with van der Waals surface area (Å²) in [6, 6.07) is 19.5. The number of aryl methyl sites for hydroxylation is 1. The first-order valence-electron chi connectivity index (χ1n) is 14.8. The molecular formula is C34H33N5O2. The molecule has 2 aromatic heterocycles. The summed E-state index contributed by atoms with van der Waals surface area (Å²) >= 11 is 0. The number of oxazole rings is 1. The summed E-state index contributed by atoms with van der Waals surface area (Å²) in [4.78, 5) is 30.2. The third-order valence-electron chi connectivity index (χ3n) is 9.25. The van der Waals surface area contributed by atoms with Gasteiger partial charge in [0.2, 0.25) is 11.8 Å². The van der Waals surface area contributed by atoms with E-state index < -0.39 is 0 Å². The van der Waals surface area contributed by atoms with Gasteiger partial charge in [-0.15, -0.1) is 0 Å². The third-order valence-corrected chi connectivity index (χ3v) is 9.25. The SMILES string of the molecule is Cc1cnc(-c2cccc3c(CC(=O)N4CCc5cc6nccc(N7CCN8CCC[C@H]8C7)c6cc54)cccc23)o1. The van der Waals surface area contributed by atoms with Crippen LogP contribution in [0.1, 0.15) is 29.7 Å². The number of anilines is 2. The number of fused-ring (bicyclic) bond motifs is 4. The average Bonchev–Trinajstić information content (AvgIpc) is 3.75. The number of pyridine rings is 1. The minimum absolute atomic E-state index is 0.123. The molecule has 3 aliphatic rings. The second kappa shape index (κ2) is 9.70. The summed E-state index contributed by atoms with van der Waals surface area (Å²) in [6.45, 7) is 7.05. The van der Waals surface area contributed by atoms with Crippen molar-refractivity contribution in [1.82, 2.24) is 14.9 Å². The number of rotatable bonds is 4. The van der Waals surface area contributed by atoms with Crippen molar-refractivity contribution >= 4 is 39.0 Å². The van der Waals surface area contributed by atoms with Crippen molar-refractivity contribution in [3.05, 3.63) is 83.9 Å². The van der Waals surface area contributed by atoms with Crippen molar-refractivity contribution < 1.29 is 9.21 Å². The molecular weight excluding hydrogens is 510 g/mol. The summed E-state index contributed by atoms with van der Waals surface area (Å²) in [5.74, 6) is 1.51. The highest BCUT2D eigenvalue weighted by Gasteiger charge is 2.32. The number of aromatic nitrogens is 2. The van der Waals surface area contributed by atoms with Crippen LogP contribution >= 0.6 is 0 Å². The van der Waals surface area contributed by atoms with E-state index in [1.807, 2.05) is 36.2 Å². The summed E-state index contributed by atoms with van der Waals surface area (Å²) in [6.07, 6.45) is 7.46. The van der Waals surface area contributed by atoms with E-state index >= 15 is 0 Å². The van der Waals surface area contributed by atoms with E-state index in [9.17, 15) is 4.79 Å². The Bertz CT molecular complexity index is 1810. The van der Waals surface area contributed by atoms with Crippen LogP contribution in [0.3, 0.4) is 0 Å². The van der Waals surface area contributed by atoms with Gasteiger partial charge in [-0.2, -0.15) is 0 Å². The van der Waals surface area contributed by atoms with E-state index in [1.165, 1.54) is 30.6 Å². The van der Waals surface area contributed by atoms with Gasteiger partial charge in [-0.3, -0.25) is 14.7 Å². The fraction of sp³-hybridized carbons (Fsp3) is 0.324. The minimum Gasteiger partial charge on any atom is -0.441 e. The predicted octanol–water partition coefficient (Wildman–Crippen LogP) is 5.77. The fourth-order valence-electron chi connectivity index (χ4n) is 7.21. The highest BCUT2D eigenvalue weighted by molar-refractivity contribution is 6.04. The molecule has 1 atom stereocenters. The molecule has 206 valence electrons. The summed E-state index contributed by atoms with van der Waals surface area (Å²) < 4.78 is 5.83. The lowest BCUT2D eigenvalue weighted by molar-refractivity contribution is -0.117. The Morgan fingerprint density at radius 3 is 2.76 bits per heavy atom. The fourth-order valence-corrected chi connectivity index (χ4v) is 7.21. The van der Waals surface area contributed by atoms with E-state index in [4.69, 9.17) is 9.40 Å². The third kappa shape index (κ3) is 4.18. The summed E-state index contributed by atoms with van der Waals surface area (Å²) in [5, 5.41) is 3.25. The molecule has 0 saturated carbocycles. The van der Waals surface area contributed by atoms with Gasteiger partial charge in [-0.25, -0.2) is 4.98 Å². The first-order chi connectivity index (χ1) is 20.1. The number of piperazine rings is 1. The first kappa shape index (κ1) is 24.6. The van der Waals surface area contributed by atoms with E-state index in [-0.39, 0.29) is 5.91 Å². The number of carbonyl (C=O) groups excluding carboxylic acids is 1. The predicted molar refractivity (Wildman–Crippen MR) is 162 cm³/mol. The van der Waals surface area contributed by atoms with E-state index in [0.29, 0.717) is 24.9 Å². The van der Waals surface area contributed by atoms with E-state index in [2.05, 4.69) is 51.2 Å². The zero-order valence-electron chi connectivity index (χ0n) is 23.3. The zero-order valence-corrected chi connectivity index (χ0v) is 23.3. The van der Waals surface area contributed by atoms with Crippen molar-refractivity contribution in [2.45, 2.75) is 38.6 Å². The van der Waals surface area contributed by atoms with Crippen LogP contribution in [-0.2, 0) is 17.6 Å². The molecule has 0 N–H and O–H groups in total. The highest BCUT2D eigenvalue weighted by Crippen LogP contribution is 2.38. The molecule has 2 saturated heterocycles. The maximum Gasteiger partial charge on any atom is 0.231 e. The van der Waals surface area contributed by atoms with Gasteiger partial charge >= 0.3 is 0 Å². The number of nitrogens with zero attached hydrogens (tertiary/aromatic N) is 5. The lowest BCUT2D eigenvalue weighted by atomic mass is 9.98. The lowest BCUT2D eigenvalue weighted by Crippen LogP contribution is -2.50. The minimum atomic E-state index is 0.123. The van der Waals surface area contributed by atoms with Gasteiger partial charge in [-0.1, -0.05) is 30.3 Å². The largest absolute Gasteiger partial charge is 0.441 e. The second-order valence-electron chi connectivity index (χ2n) is 11.7. The van der Waals surface area contributed by atoms with Crippen molar-refractivity contribution in [1.29, 1.82) is 0 Å². The highest BCUT2D eigenvalue weighted by atomic mass is 16.4. The second-order valence-corrected chi connectivity index (χ2v) is 11.7. The molecule has 5 aromatic rings. The molecule has 0 spiro atoms. The molecule has 3 aromatic carbocycles. The summed E-state index contributed by atoms with van der Waals surface area (Å²) in [5.41, 5.74) is 6.47. The van der Waals surface area contributed by atoms with E-state index in [0.717, 1.165) is 70.3 Å². The molecule has 2 fully saturated rings. The Hall–Kier alpha value is -4.23. The summed E-state index contributed by atoms with van der Waals surface area (Å²) in [7, 11) is 0. The Balaban J connectivity index is 1.11.